The van der Waals surface area contributed by atoms with Gasteiger partial charge in [-0.05, 0) is 37.1 Å². The topological polar surface area (TPSA) is 27.7 Å². The SMILES string of the molecule is COCCCOc1cc(C)c(OC(F)F)cc1C. The summed E-state index contributed by atoms with van der Waals surface area (Å²) >= 11 is 0. The van der Waals surface area contributed by atoms with Gasteiger partial charge in [-0.1, -0.05) is 0 Å². The molecule has 0 aliphatic carbocycles. The van der Waals surface area contributed by atoms with E-state index in [2.05, 4.69) is 4.74 Å². The quantitative estimate of drug-likeness (QED) is 0.704. The van der Waals surface area contributed by atoms with Crippen LogP contribution in [0.2, 0.25) is 0 Å². The number of aryl methyl sites for hydroxylation is 2. The van der Waals surface area contributed by atoms with Gasteiger partial charge >= 0.3 is 6.61 Å². The lowest BCUT2D eigenvalue weighted by molar-refractivity contribution is -0.0503. The molecule has 0 bridgehead atoms. The summed E-state index contributed by atoms with van der Waals surface area (Å²) in [6.45, 7) is 1.85. The monoisotopic (exact) mass is 260 g/mol. The molecule has 18 heavy (non-hydrogen) atoms. The van der Waals surface area contributed by atoms with E-state index in [-0.39, 0.29) is 5.75 Å². The van der Waals surface area contributed by atoms with Gasteiger partial charge in [-0.25, -0.2) is 0 Å². The van der Waals surface area contributed by atoms with Crippen LogP contribution < -0.4 is 9.47 Å². The van der Waals surface area contributed by atoms with E-state index in [0.717, 1.165) is 12.0 Å². The van der Waals surface area contributed by atoms with Crippen molar-refractivity contribution in [3.8, 4) is 11.5 Å². The molecule has 0 spiro atoms. The molecule has 0 heterocycles. The molecule has 1 aromatic carbocycles. The highest BCUT2D eigenvalue weighted by molar-refractivity contribution is 5.45. The van der Waals surface area contributed by atoms with Crippen LogP contribution in [0, 0.1) is 13.8 Å². The summed E-state index contributed by atoms with van der Waals surface area (Å²) in [5, 5.41) is 0. The second-order valence-corrected chi connectivity index (χ2v) is 3.96. The van der Waals surface area contributed by atoms with Crippen LogP contribution >= 0.6 is 0 Å². The fraction of sp³-hybridized carbons (Fsp3) is 0.538. The minimum absolute atomic E-state index is 0.187. The molecule has 0 fully saturated rings. The molecule has 1 rings (SSSR count). The Morgan fingerprint density at radius 1 is 1.06 bits per heavy atom. The molecule has 0 aliphatic heterocycles. The van der Waals surface area contributed by atoms with Crippen molar-refractivity contribution in [1.29, 1.82) is 0 Å². The van der Waals surface area contributed by atoms with Crippen LogP contribution in [0.15, 0.2) is 12.1 Å². The van der Waals surface area contributed by atoms with Gasteiger partial charge in [0, 0.05) is 20.1 Å². The number of alkyl halides is 2. The van der Waals surface area contributed by atoms with Gasteiger partial charge in [-0.15, -0.1) is 0 Å². The van der Waals surface area contributed by atoms with Crippen molar-refractivity contribution >= 4 is 0 Å². The fourth-order valence-electron chi connectivity index (χ4n) is 1.53. The summed E-state index contributed by atoms with van der Waals surface area (Å²) in [5.74, 6) is 0.872. The summed E-state index contributed by atoms with van der Waals surface area (Å²) in [6, 6.07) is 3.27. The highest BCUT2D eigenvalue weighted by atomic mass is 19.3. The summed E-state index contributed by atoms with van der Waals surface area (Å²) in [6.07, 6.45) is 0.782. The van der Waals surface area contributed by atoms with E-state index in [1.54, 1.807) is 33.1 Å². The Morgan fingerprint density at radius 3 is 2.28 bits per heavy atom. The van der Waals surface area contributed by atoms with Crippen LogP contribution in [0.5, 0.6) is 11.5 Å². The number of hydrogen-bond acceptors (Lipinski definition) is 3. The Hall–Kier alpha value is -1.36. The van der Waals surface area contributed by atoms with Crippen LogP contribution in [0.25, 0.3) is 0 Å². The maximum Gasteiger partial charge on any atom is 0.387 e. The number of methoxy groups -OCH3 is 1. The van der Waals surface area contributed by atoms with E-state index in [1.165, 1.54) is 0 Å². The van der Waals surface area contributed by atoms with Crippen LogP contribution in [0.1, 0.15) is 17.5 Å². The summed E-state index contributed by atoms with van der Waals surface area (Å²) in [7, 11) is 1.63. The largest absolute Gasteiger partial charge is 0.493 e. The minimum atomic E-state index is -2.81. The van der Waals surface area contributed by atoms with Crippen molar-refractivity contribution < 1.29 is 23.0 Å². The highest BCUT2D eigenvalue weighted by Gasteiger charge is 2.10. The van der Waals surface area contributed by atoms with Crippen molar-refractivity contribution in [1.82, 2.24) is 0 Å². The normalized spacial score (nSPS) is 10.8. The first-order valence-corrected chi connectivity index (χ1v) is 5.72. The van der Waals surface area contributed by atoms with Crippen molar-refractivity contribution in [2.75, 3.05) is 20.3 Å². The third kappa shape index (κ3) is 4.49. The Balaban J connectivity index is 2.67. The van der Waals surface area contributed by atoms with Gasteiger partial charge < -0.3 is 14.2 Å². The summed E-state index contributed by atoms with van der Waals surface area (Å²) in [5.41, 5.74) is 1.40. The smallest absolute Gasteiger partial charge is 0.387 e. The van der Waals surface area contributed by atoms with Crippen LogP contribution in [-0.2, 0) is 4.74 Å². The van der Waals surface area contributed by atoms with Gasteiger partial charge in [0.15, 0.2) is 0 Å². The molecule has 0 amide bonds. The number of benzene rings is 1. The van der Waals surface area contributed by atoms with Gasteiger partial charge in [0.2, 0.25) is 0 Å². The fourth-order valence-corrected chi connectivity index (χ4v) is 1.53. The molecule has 5 heteroatoms. The summed E-state index contributed by atoms with van der Waals surface area (Å²) < 4.78 is 39.2. The number of hydrogen-bond donors (Lipinski definition) is 0. The van der Waals surface area contributed by atoms with E-state index in [0.29, 0.717) is 24.5 Å². The molecular formula is C13H18F2O3. The van der Waals surface area contributed by atoms with Crippen molar-refractivity contribution in [2.45, 2.75) is 26.9 Å². The second-order valence-electron chi connectivity index (χ2n) is 3.96. The predicted molar refractivity (Wildman–Crippen MR) is 64.5 cm³/mol. The lowest BCUT2D eigenvalue weighted by Crippen LogP contribution is -2.06. The number of halogens is 2. The Labute approximate surface area is 106 Å². The molecule has 0 unspecified atom stereocenters. The molecule has 0 N–H and O–H groups in total. The molecular weight excluding hydrogens is 242 g/mol. The molecule has 102 valence electrons. The minimum Gasteiger partial charge on any atom is -0.493 e. The Bertz CT molecular complexity index is 381. The zero-order valence-corrected chi connectivity index (χ0v) is 10.8. The molecule has 3 nitrogen and oxygen atoms in total. The maximum absolute atomic E-state index is 12.2. The lowest BCUT2D eigenvalue weighted by Gasteiger charge is -2.13. The van der Waals surface area contributed by atoms with Gasteiger partial charge in [0.1, 0.15) is 11.5 Å². The first-order chi connectivity index (χ1) is 8.54. The maximum atomic E-state index is 12.2. The van der Waals surface area contributed by atoms with Gasteiger partial charge in [0.25, 0.3) is 0 Å². The van der Waals surface area contributed by atoms with Crippen LogP contribution in [-0.4, -0.2) is 26.9 Å². The van der Waals surface area contributed by atoms with E-state index in [9.17, 15) is 8.78 Å². The van der Waals surface area contributed by atoms with Crippen molar-refractivity contribution in [3.05, 3.63) is 23.3 Å². The highest BCUT2D eigenvalue weighted by Crippen LogP contribution is 2.29. The summed E-state index contributed by atoms with van der Waals surface area (Å²) in [4.78, 5) is 0. The second kappa shape index (κ2) is 7.16. The van der Waals surface area contributed by atoms with Crippen LogP contribution in [0.3, 0.4) is 0 Å². The van der Waals surface area contributed by atoms with E-state index < -0.39 is 6.61 Å². The first kappa shape index (κ1) is 14.7. The molecule has 0 saturated carbocycles. The molecule has 0 radical (unpaired) electrons. The first-order valence-electron chi connectivity index (χ1n) is 5.72. The standard InChI is InChI=1S/C13H18F2O3/c1-9-8-12(18-13(14)15)10(2)7-11(9)17-6-4-5-16-3/h7-8,13H,4-6H2,1-3H3. The average molecular weight is 260 g/mol. The van der Waals surface area contributed by atoms with Gasteiger partial charge in [-0.3, -0.25) is 0 Å². The lowest BCUT2D eigenvalue weighted by atomic mass is 10.1. The molecule has 1 aromatic rings. The molecule has 0 saturated heterocycles. The third-order valence-electron chi connectivity index (χ3n) is 2.44. The predicted octanol–water partition coefficient (Wildman–Crippen LogP) is 3.32. The van der Waals surface area contributed by atoms with E-state index in [1.807, 2.05) is 0 Å². The number of rotatable bonds is 7. The molecule has 0 atom stereocenters. The van der Waals surface area contributed by atoms with Crippen LogP contribution in [0.4, 0.5) is 8.78 Å². The molecule has 0 aliphatic rings. The van der Waals surface area contributed by atoms with E-state index in [4.69, 9.17) is 9.47 Å². The third-order valence-corrected chi connectivity index (χ3v) is 2.44. The Morgan fingerprint density at radius 2 is 1.67 bits per heavy atom. The average Bonchev–Trinajstić information content (AvgIpc) is 2.29. The van der Waals surface area contributed by atoms with Crippen molar-refractivity contribution in [2.24, 2.45) is 0 Å². The molecule has 0 aromatic heterocycles. The number of ether oxygens (including phenoxy) is 3. The van der Waals surface area contributed by atoms with Gasteiger partial charge in [-0.2, -0.15) is 8.78 Å². The van der Waals surface area contributed by atoms with Crippen molar-refractivity contribution in [3.63, 3.8) is 0 Å². The van der Waals surface area contributed by atoms with Gasteiger partial charge in [0.05, 0.1) is 6.61 Å². The van der Waals surface area contributed by atoms with E-state index >= 15 is 0 Å². The zero-order chi connectivity index (χ0) is 13.5. The Kier molecular flexibility index (Phi) is 5.85. The zero-order valence-electron chi connectivity index (χ0n) is 10.8.